The van der Waals surface area contributed by atoms with Crippen LogP contribution >= 0.6 is 11.6 Å². The summed E-state index contributed by atoms with van der Waals surface area (Å²) in [6.45, 7) is 1.88. The normalized spacial score (nSPS) is 10.4. The predicted octanol–water partition coefficient (Wildman–Crippen LogP) is 4.50. The van der Waals surface area contributed by atoms with E-state index in [1.807, 2.05) is 50.2 Å². The Kier molecular flexibility index (Phi) is 5.57. The lowest BCUT2D eigenvalue weighted by atomic mass is 10.2. The van der Waals surface area contributed by atoms with Gasteiger partial charge in [0.25, 0.3) is 5.91 Å². The lowest BCUT2D eigenvalue weighted by molar-refractivity contribution is 0.102. The zero-order valence-corrected chi connectivity index (χ0v) is 16.1. The fourth-order valence-corrected chi connectivity index (χ4v) is 2.70. The summed E-state index contributed by atoms with van der Waals surface area (Å²) < 4.78 is 0. The number of halogens is 1. The number of hydrogen-bond acceptors (Lipinski definition) is 5. The van der Waals surface area contributed by atoms with E-state index in [9.17, 15) is 4.79 Å². The molecule has 6 nitrogen and oxygen atoms in total. The molecule has 0 unspecified atom stereocenters. The van der Waals surface area contributed by atoms with E-state index >= 15 is 0 Å². The van der Waals surface area contributed by atoms with Crippen LogP contribution in [0, 0.1) is 6.92 Å². The Labute approximate surface area is 163 Å². The number of aromatic nitrogens is 2. The maximum atomic E-state index is 12.5. The zero-order valence-electron chi connectivity index (χ0n) is 15.3. The summed E-state index contributed by atoms with van der Waals surface area (Å²) >= 11 is 5.95. The molecule has 1 aromatic heterocycles. The van der Waals surface area contributed by atoms with Gasteiger partial charge in [-0.3, -0.25) is 4.79 Å². The van der Waals surface area contributed by atoms with E-state index in [0.29, 0.717) is 16.7 Å². The molecule has 1 heterocycles. The summed E-state index contributed by atoms with van der Waals surface area (Å²) in [7, 11) is 3.96. The van der Waals surface area contributed by atoms with E-state index in [2.05, 4.69) is 20.6 Å². The van der Waals surface area contributed by atoms with Gasteiger partial charge in [-0.2, -0.15) is 0 Å². The van der Waals surface area contributed by atoms with Gasteiger partial charge in [-0.25, -0.2) is 9.97 Å². The molecule has 2 aromatic carbocycles. The van der Waals surface area contributed by atoms with E-state index in [0.717, 1.165) is 16.9 Å². The molecule has 0 atom stereocenters. The van der Waals surface area contributed by atoms with Gasteiger partial charge in [0.1, 0.15) is 5.69 Å². The highest BCUT2D eigenvalue weighted by Gasteiger charge is 2.11. The van der Waals surface area contributed by atoms with Crippen molar-refractivity contribution in [3.8, 4) is 0 Å². The summed E-state index contributed by atoms with van der Waals surface area (Å²) in [5, 5.41) is 6.58. The Balaban J connectivity index is 1.73. The maximum Gasteiger partial charge on any atom is 0.274 e. The van der Waals surface area contributed by atoms with Crippen molar-refractivity contribution in [1.29, 1.82) is 0 Å². The van der Waals surface area contributed by atoms with Crippen LogP contribution in [0.5, 0.6) is 0 Å². The molecule has 138 valence electrons. The average molecular weight is 382 g/mol. The number of amides is 1. The molecule has 0 aliphatic rings. The van der Waals surface area contributed by atoms with Gasteiger partial charge in [0, 0.05) is 42.4 Å². The second-order valence-electron chi connectivity index (χ2n) is 6.25. The molecule has 0 saturated heterocycles. The fraction of sp³-hybridized carbons (Fsp3) is 0.150. The summed E-state index contributed by atoms with van der Waals surface area (Å²) in [5.74, 6) is 0.0434. The maximum absolute atomic E-state index is 12.5. The highest BCUT2D eigenvalue weighted by molar-refractivity contribution is 6.30. The van der Waals surface area contributed by atoms with Gasteiger partial charge >= 0.3 is 0 Å². The molecule has 2 N–H and O–H groups in total. The number of hydrogen-bond donors (Lipinski definition) is 2. The predicted molar refractivity (Wildman–Crippen MR) is 110 cm³/mol. The van der Waals surface area contributed by atoms with Gasteiger partial charge in [-0.1, -0.05) is 11.6 Å². The highest BCUT2D eigenvalue weighted by atomic mass is 35.5. The number of carbonyl (C=O) groups excluding carboxylic acids is 1. The largest absolute Gasteiger partial charge is 0.378 e. The number of benzene rings is 2. The molecule has 3 rings (SSSR count). The molecule has 3 aromatic rings. The second kappa shape index (κ2) is 8.05. The molecule has 7 heteroatoms. The summed E-state index contributed by atoms with van der Waals surface area (Å²) in [5.41, 5.74) is 3.77. The van der Waals surface area contributed by atoms with Crippen LogP contribution in [0.2, 0.25) is 5.02 Å². The van der Waals surface area contributed by atoms with Gasteiger partial charge in [0.15, 0.2) is 0 Å². The van der Waals surface area contributed by atoms with Crippen LogP contribution in [0.1, 0.15) is 16.1 Å². The summed E-state index contributed by atoms with van der Waals surface area (Å²) in [6, 6.07) is 14.7. The van der Waals surface area contributed by atoms with Gasteiger partial charge < -0.3 is 15.5 Å². The number of nitrogens with one attached hydrogen (secondary N) is 2. The number of carbonyl (C=O) groups is 1. The van der Waals surface area contributed by atoms with E-state index in [1.165, 1.54) is 0 Å². The first kappa shape index (κ1) is 18.7. The number of nitrogens with zero attached hydrogens (tertiary/aromatic N) is 3. The first-order valence-electron chi connectivity index (χ1n) is 8.37. The molecular weight excluding hydrogens is 362 g/mol. The first-order chi connectivity index (χ1) is 12.9. The van der Waals surface area contributed by atoms with Crippen LogP contribution < -0.4 is 15.5 Å². The lowest BCUT2D eigenvalue weighted by Crippen LogP contribution is -2.15. The topological polar surface area (TPSA) is 70.2 Å². The average Bonchev–Trinajstić information content (AvgIpc) is 2.64. The van der Waals surface area contributed by atoms with Crippen LogP contribution in [0.15, 0.2) is 54.7 Å². The van der Waals surface area contributed by atoms with Crippen molar-refractivity contribution >= 4 is 40.5 Å². The third-order valence-electron chi connectivity index (χ3n) is 3.96. The molecule has 0 radical (unpaired) electrons. The molecule has 27 heavy (non-hydrogen) atoms. The van der Waals surface area contributed by atoms with E-state index in [1.54, 1.807) is 30.5 Å². The van der Waals surface area contributed by atoms with Gasteiger partial charge in [0.2, 0.25) is 5.95 Å². The Morgan fingerprint density at radius 3 is 2.48 bits per heavy atom. The van der Waals surface area contributed by atoms with Gasteiger partial charge in [-0.15, -0.1) is 0 Å². The van der Waals surface area contributed by atoms with Crippen LogP contribution in [0.25, 0.3) is 0 Å². The van der Waals surface area contributed by atoms with Crippen molar-refractivity contribution in [3.63, 3.8) is 0 Å². The van der Waals surface area contributed by atoms with Crippen LogP contribution in [-0.2, 0) is 0 Å². The summed E-state index contributed by atoms with van der Waals surface area (Å²) in [6.07, 6.45) is 1.55. The van der Waals surface area contributed by atoms with Gasteiger partial charge in [-0.05, 0) is 61.0 Å². The smallest absolute Gasteiger partial charge is 0.274 e. The number of rotatable bonds is 5. The van der Waals surface area contributed by atoms with Crippen molar-refractivity contribution in [2.24, 2.45) is 0 Å². The second-order valence-corrected chi connectivity index (χ2v) is 6.68. The lowest BCUT2D eigenvalue weighted by Gasteiger charge is -2.13. The van der Waals surface area contributed by atoms with E-state index in [4.69, 9.17) is 11.6 Å². The van der Waals surface area contributed by atoms with Crippen molar-refractivity contribution < 1.29 is 4.79 Å². The van der Waals surface area contributed by atoms with Crippen molar-refractivity contribution in [3.05, 3.63) is 71.0 Å². The van der Waals surface area contributed by atoms with E-state index in [-0.39, 0.29) is 11.6 Å². The molecule has 0 aliphatic carbocycles. The number of aryl methyl sites for hydroxylation is 1. The highest BCUT2D eigenvalue weighted by Crippen LogP contribution is 2.21. The van der Waals surface area contributed by atoms with E-state index < -0.39 is 0 Å². The molecular formula is C20H20ClN5O. The summed E-state index contributed by atoms with van der Waals surface area (Å²) in [4.78, 5) is 23.0. The Bertz CT molecular complexity index is 957. The Morgan fingerprint density at radius 2 is 1.81 bits per heavy atom. The van der Waals surface area contributed by atoms with Gasteiger partial charge in [0.05, 0.1) is 0 Å². The van der Waals surface area contributed by atoms with Crippen LogP contribution in [0.4, 0.5) is 23.0 Å². The minimum atomic E-state index is -0.311. The van der Waals surface area contributed by atoms with Crippen molar-refractivity contribution in [2.45, 2.75) is 6.92 Å². The zero-order chi connectivity index (χ0) is 19.4. The Hall–Kier alpha value is -3.12. The fourth-order valence-electron chi connectivity index (χ4n) is 2.47. The molecule has 1 amide bonds. The third-order valence-corrected chi connectivity index (χ3v) is 4.20. The third kappa shape index (κ3) is 4.74. The van der Waals surface area contributed by atoms with Crippen LogP contribution in [-0.4, -0.2) is 30.0 Å². The Morgan fingerprint density at radius 1 is 1.07 bits per heavy atom. The number of anilines is 4. The molecule has 0 bridgehead atoms. The molecule has 0 saturated carbocycles. The first-order valence-corrected chi connectivity index (χ1v) is 8.75. The van der Waals surface area contributed by atoms with Crippen molar-refractivity contribution in [1.82, 2.24) is 9.97 Å². The van der Waals surface area contributed by atoms with Crippen LogP contribution in [0.3, 0.4) is 0 Å². The minimum Gasteiger partial charge on any atom is -0.378 e. The SMILES string of the molecule is Cc1cc(Cl)ccc1NC(=O)c1ccnc(Nc2ccc(N(C)C)cc2)n1. The standard InChI is InChI=1S/C20H20ClN5O/c1-13-12-14(21)4-9-17(13)24-19(27)18-10-11-22-20(25-18)23-15-5-7-16(8-6-15)26(2)3/h4-12H,1-3H3,(H,24,27)(H,22,23,25). The molecule has 0 aliphatic heterocycles. The van der Waals surface area contributed by atoms with Crippen molar-refractivity contribution in [2.75, 3.05) is 29.6 Å². The monoisotopic (exact) mass is 381 g/mol. The molecule has 0 spiro atoms. The quantitative estimate of drug-likeness (QED) is 0.680. The molecule has 0 fully saturated rings. The minimum absolute atomic E-state index is 0.270.